The van der Waals surface area contributed by atoms with Gasteiger partial charge < -0.3 is 15.2 Å². The van der Waals surface area contributed by atoms with Gasteiger partial charge in [-0.1, -0.05) is 35.5 Å². The summed E-state index contributed by atoms with van der Waals surface area (Å²) in [6.45, 7) is 3.22. The van der Waals surface area contributed by atoms with Gasteiger partial charge in [0.15, 0.2) is 11.4 Å². The van der Waals surface area contributed by atoms with Gasteiger partial charge >= 0.3 is 0 Å². The standard InChI is InChI=1S/C27H21N7O5/c1-16-7-6-10-21(15-16)33-24(26(36)29-19-8-4-3-5-9-19)22(28-17(2)35)23(31-33)25-30-27(39-32-25)18-11-13-20(14-12-18)34(37)38/h3-15H,1-2H3,(H,28,35)(H,29,36). The van der Waals surface area contributed by atoms with E-state index < -0.39 is 16.7 Å². The lowest BCUT2D eigenvalue weighted by molar-refractivity contribution is -0.384. The average molecular weight is 524 g/mol. The third-order valence-corrected chi connectivity index (χ3v) is 5.64. The Morgan fingerprint density at radius 3 is 2.38 bits per heavy atom. The first-order valence-corrected chi connectivity index (χ1v) is 11.7. The molecule has 2 N–H and O–H groups in total. The fraction of sp³-hybridized carbons (Fsp3) is 0.0741. The van der Waals surface area contributed by atoms with Crippen LogP contribution in [0, 0.1) is 17.0 Å². The van der Waals surface area contributed by atoms with Crippen molar-refractivity contribution in [2.75, 3.05) is 10.6 Å². The summed E-state index contributed by atoms with van der Waals surface area (Å²) in [7, 11) is 0. The van der Waals surface area contributed by atoms with Crippen LogP contribution < -0.4 is 10.6 Å². The van der Waals surface area contributed by atoms with Gasteiger partial charge in [-0.05, 0) is 48.9 Å². The van der Waals surface area contributed by atoms with Gasteiger partial charge in [-0.2, -0.15) is 10.1 Å². The van der Waals surface area contributed by atoms with E-state index in [0.29, 0.717) is 16.9 Å². The molecule has 0 atom stereocenters. The maximum Gasteiger partial charge on any atom is 0.276 e. The molecule has 0 bridgehead atoms. The molecule has 12 nitrogen and oxygen atoms in total. The molecule has 0 saturated heterocycles. The highest BCUT2D eigenvalue weighted by Crippen LogP contribution is 2.33. The maximum absolute atomic E-state index is 13.6. The lowest BCUT2D eigenvalue weighted by atomic mass is 10.2. The number of aryl methyl sites for hydroxylation is 1. The van der Waals surface area contributed by atoms with E-state index in [1.54, 1.807) is 30.3 Å². The van der Waals surface area contributed by atoms with E-state index in [9.17, 15) is 19.7 Å². The van der Waals surface area contributed by atoms with Gasteiger partial charge in [0, 0.05) is 30.3 Å². The molecule has 5 aromatic rings. The molecule has 2 amide bonds. The molecular formula is C27H21N7O5. The molecule has 2 aromatic heterocycles. The number of hydrogen-bond acceptors (Lipinski definition) is 8. The summed E-state index contributed by atoms with van der Waals surface area (Å²) in [5.41, 5.74) is 2.66. The van der Waals surface area contributed by atoms with Crippen molar-refractivity contribution in [3.63, 3.8) is 0 Å². The molecule has 194 valence electrons. The third kappa shape index (κ3) is 5.25. The SMILES string of the molecule is CC(=O)Nc1c(-c2noc(-c3ccc([N+](=O)[O-])cc3)n2)nn(-c2cccc(C)c2)c1C(=O)Nc1ccccc1. The molecule has 0 aliphatic heterocycles. The predicted octanol–water partition coefficient (Wildman–Crippen LogP) is 5.02. The first-order valence-electron chi connectivity index (χ1n) is 11.7. The zero-order chi connectivity index (χ0) is 27.5. The Morgan fingerprint density at radius 1 is 0.974 bits per heavy atom. The van der Waals surface area contributed by atoms with Gasteiger partial charge in [-0.3, -0.25) is 19.7 Å². The van der Waals surface area contributed by atoms with Crippen LogP contribution in [0.4, 0.5) is 17.1 Å². The Hall–Kier alpha value is -5.65. The van der Waals surface area contributed by atoms with Gasteiger partial charge in [0.25, 0.3) is 17.5 Å². The number of benzene rings is 3. The van der Waals surface area contributed by atoms with Crippen LogP contribution in [0.3, 0.4) is 0 Å². The second-order valence-electron chi connectivity index (χ2n) is 8.55. The highest BCUT2D eigenvalue weighted by Gasteiger charge is 2.29. The summed E-state index contributed by atoms with van der Waals surface area (Å²) in [4.78, 5) is 40.7. The topological polar surface area (TPSA) is 158 Å². The second-order valence-corrected chi connectivity index (χ2v) is 8.55. The smallest absolute Gasteiger partial charge is 0.276 e. The number of rotatable bonds is 7. The second kappa shape index (κ2) is 10.4. The number of non-ortho nitro benzene ring substituents is 1. The van der Waals surface area contributed by atoms with E-state index in [1.165, 1.54) is 35.9 Å². The van der Waals surface area contributed by atoms with Crippen molar-refractivity contribution in [1.82, 2.24) is 19.9 Å². The molecule has 12 heteroatoms. The number of carbonyl (C=O) groups excluding carboxylic acids is 2. The number of carbonyl (C=O) groups is 2. The molecule has 2 heterocycles. The minimum absolute atomic E-state index is 0.00673. The zero-order valence-electron chi connectivity index (χ0n) is 20.8. The normalized spacial score (nSPS) is 10.7. The Balaban J connectivity index is 1.65. The largest absolute Gasteiger partial charge is 0.334 e. The number of hydrogen-bond donors (Lipinski definition) is 2. The van der Waals surface area contributed by atoms with Crippen LogP contribution in [0.2, 0.25) is 0 Å². The predicted molar refractivity (Wildman–Crippen MR) is 142 cm³/mol. The van der Waals surface area contributed by atoms with Gasteiger partial charge in [-0.15, -0.1) is 0 Å². The number of amides is 2. The van der Waals surface area contributed by atoms with E-state index in [2.05, 4.69) is 25.9 Å². The Labute approximate surface area is 221 Å². The monoisotopic (exact) mass is 523 g/mol. The number of para-hydroxylation sites is 1. The molecular weight excluding hydrogens is 502 g/mol. The lowest BCUT2D eigenvalue weighted by Gasteiger charge is -2.11. The van der Waals surface area contributed by atoms with Crippen molar-refractivity contribution < 1.29 is 19.0 Å². The molecule has 3 aromatic carbocycles. The van der Waals surface area contributed by atoms with Gasteiger partial charge in [0.2, 0.25) is 11.7 Å². The molecule has 0 radical (unpaired) electrons. The first kappa shape index (κ1) is 25.0. The Bertz CT molecular complexity index is 1690. The van der Waals surface area contributed by atoms with E-state index >= 15 is 0 Å². The minimum Gasteiger partial charge on any atom is -0.334 e. The number of nitrogens with one attached hydrogen (secondary N) is 2. The van der Waals surface area contributed by atoms with Gasteiger partial charge in [-0.25, -0.2) is 4.68 Å². The number of anilines is 2. The van der Waals surface area contributed by atoms with Crippen LogP contribution in [-0.2, 0) is 4.79 Å². The summed E-state index contributed by atoms with van der Waals surface area (Å²) in [6.07, 6.45) is 0. The summed E-state index contributed by atoms with van der Waals surface area (Å²) in [5.74, 6) is -0.876. The highest BCUT2D eigenvalue weighted by molar-refractivity contribution is 6.11. The maximum atomic E-state index is 13.6. The molecule has 5 rings (SSSR count). The van der Waals surface area contributed by atoms with Crippen molar-refractivity contribution in [3.8, 4) is 28.7 Å². The third-order valence-electron chi connectivity index (χ3n) is 5.64. The molecule has 0 aliphatic rings. The number of nitro benzene ring substituents is 1. The number of nitro groups is 1. The van der Waals surface area contributed by atoms with Crippen molar-refractivity contribution in [2.24, 2.45) is 0 Å². The van der Waals surface area contributed by atoms with Gasteiger partial charge in [0.1, 0.15) is 5.69 Å². The van der Waals surface area contributed by atoms with Crippen LogP contribution in [0.25, 0.3) is 28.7 Å². The molecule has 0 spiro atoms. The molecule has 39 heavy (non-hydrogen) atoms. The van der Waals surface area contributed by atoms with E-state index in [-0.39, 0.29) is 34.5 Å². The molecule has 0 fully saturated rings. The van der Waals surface area contributed by atoms with Crippen LogP contribution in [0.1, 0.15) is 23.0 Å². The van der Waals surface area contributed by atoms with Crippen molar-refractivity contribution in [1.29, 1.82) is 0 Å². The summed E-state index contributed by atoms with van der Waals surface area (Å²) in [6, 6.07) is 21.8. The first-order chi connectivity index (χ1) is 18.8. The summed E-state index contributed by atoms with van der Waals surface area (Å²) in [5, 5.41) is 25.2. The molecule has 0 saturated carbocycles. The fourth-order valence-electron chi connectivity index (χ4n) is 3.90. The average Bonchev–Trinajstić information content (AvgIpc) is 3.54. The van der Waals surface area contributed by atoms with Crippen LogP contribution in [-0.4, -0.2) is 36.7 Å². The van der Waals surface area contributed by atoms with E-state index in [0.717, 1.165) is 5.56 Å². The molecule has 0 aliphatic carbocycles. The van der Waals surface area contributed by atoms with Crippen molar-refractivity contribution in [3.05, 3.63) is 100 Å². The van der Waals surface area contributed by atoms with Crippen molar-refractivity contribution >= 4 is 28.9 Å². The van der Waals surface area contributed by atoms with Crippen LogP contribution in [0.15, 0.2) is 83.4 Å². The van der Waals surface area contributed by atoms with Crippen LogP contribution in [0.5, 0.6) is 0 Å². The number of nitrogens with zero attached hydrogens (tertiary/aromatic N) is 5. The zero-order valence-corrected chi connectivity index (χ0v) is 20.8. The Morgan fingerprint density at radius 2 is 1.72 bits per heavy atom. The van der Waals surface area contributed by atoms with E-state index in [4.69, 9.17) is 4.52 Å². The van der Waals surface area contributed by atoms with Crippen molar-refractivity contribution in [2.45, 2.75) is 13.8 Å². The van der Waals surface area contributed by atoms with Crippen LogP contribution >= 0.6 is 0 Å². The summed E-state index contributed by atoms with van der Waals surface area (Å²) < 4.78 is 6.81. The molecule has 0 unspecified atom stereocenters. The minimum atomic E-state index is -0.524. The van der Waals surface area contributed by atoms with E-state index in [1.807, 2.05) is 31.2 Å². The highest BCUT2D eigenvalue weighted by atomic mass is 16.6. The number of aromatic nitrogens is 4. The summed E-state index contributed by atoms with van der Waals surface area (Å²) >= 11 is 0. The quantitative estimate of drug-likeness (QED) is 0.222. The Kier molecular flexibility index (Phi) is 6.66. The fourth-order valence-corrected chi connectivity index (χ4v) is 3.90. The van der Waals surface area contributed by atoms with Gasteiger partial charge in [0.05, 0.1) is 10.6 Å². The lowest BCUT2D eigenvalue weighted by Crippen LogP contribution is -2.20.